The third kappa shape index (κ3) is 5.37. The van der Waals surface area contributed by atoms with Gasteiger partial charge in [-0.25, -0.2) is 0 Å². The number of primary amides is 1. The lowest BCUT2D eigenvalue weighted by molar-refractivity contribution is -0.143. The van der Waals surface area contributed by atoms with E-state index in [9.17, 15) is 14.4 Å². The number of benzene rings is 1. The molecule has 1 aromatic rings. The molecule has 0 aliphatic carbocycles. The summed E-state index contributed by atoms with van der Waals surface area (Å²) in [5.74, 6) is -3.26. The smallest absolute Gasteiger partial charge is 0.317 e. The molecule has 0 aliphatic rings. The van der Waals surface area contributed by atoms with Crippen LogP contribution in [0, 0.1) is 0 Å². The lowest BCUT2D eigenvalue weighted by Gasteiger charge is -2.27. The van der Waals surface area contributed by atoms with E-state index >= 15 is 0 Å². The zero-order valence-electron chi connectivity index (χ0n) is 13.4. The Morgan fingerprint density at radius 1 is 1.04 bits per heavy atom. The van der Waals surface area contributed by atoms with Crippen molar-refractivity contribution in [3.05, 3.63) is 35.4 Å². The predicted octanol–water partition coefficient (Wildman–Crippen LogP) is 0.982. The van der Waals surface area contributed by atoms with Gasteiger partial charge >= 0.3 is 11.9 Å². The maximum atomic E-state index is 11.8. The fourth-order valence-electron chi connectivity index (χ4n) is 2.31. The zero-order valence-corrected chi connectivity index (χ0v) is 13.4. The van der Waals surface area contributed by atoms with Gasteiger partial charge in [0.2, 0.25) is 5.91 Å². The Morgan fingerprint density at radius 2 is 1.48 bits per heavy atom. The summed E-state index contributed by atoms with van der Waals surface area (Å²) >= 11 is 0. The van der Waals surface area contributed by atoms with Crippen LogP contribution in [0.25, 0.3) is 0 Å². The zero-order chi connectivity index (χ0) is 17.8. The first-order valence-corrected chi connectivity index (χ1v) is 7.09. The van der Waals surface area contributed by atoms with Gasteiger partial charge in [-0.15, -0.1) is 0 Å². The Bertz CT molecular complexity index is 573. The standard InChI is InChI=1S/C16H22N2O5/c1-16(2,3)11-6-4-10(5-7-11)14(15(17)23)18(8-12(19)20)9-13(21)22/h4-7,14H,8-9H2,1-3H3,(H2,17,23)(H,19,20)(H,21,22). The molecular weight excluding hydrogens is 300 g/mol. The molecule has 0 heterocycles. The number of carbonyl (C=O) groups is 3. The summed E-state index contributed by atoms with van der Waals surface area (Å²) in [6.07, 6.45) is 0. The monoisotopic (exact) mass is 322 g/mol. The molecule has 0 aromatic heterocycles. The number of rotatable bonds is 7. The van der Waals surface area contributed by atoms with Crippen molar-refractivity contribution in [2.75, 3.05) is 13.1 Å². The highest BCUT2D eigenvalue weighted by atomic mass is 16.4. The minimum Gasteiger partial charge on any atom is -0.480 e. The third-order valence-corrected chi connectivity index (χ3v) is 3.40. The van der Waals surface area contributed by atoms with Crippen LogP contribution in [-0.4, -0.2) is 46.0 Å². The number of carboxylic acids is 2. The number of nitrogens with two attached hydrogens (primary N) is 1. The second-order valence-electron chi connectivity index (χ2n) is 6.37. The van der Waals surface area contributed by atoms with Crippen LogP contribution in [0.2, 0.25) is 0 Å². The van der Waals surface area contributed by atoms with Gasteiger partial charge in [-0.05, 0) is 16.5 Å². The van der Waals surface area contributed by atoms with E-state index < -0.39 is 37.0 Å². The summed E-state index contributed by atoms with van der Waals surface area (Å²) in [6.45, 7) is 4.92. The fraction of sp³-hybridized carbons (Fsp3) is 0.438. The van der Waals surface area contributed by atoms with E-state index in [-0.39, 0.29) is 5.41 Å². The fourth-order valence-corrected chi connectivity index (χ4v) is 2.31. The van der Waals surface area contributed by atoms with Crippen LogP contribution in [0.5, 0.6) is 0 Å². The van der Waals surface area contributed by atoms with Gasteiger partial charge in [-0.2, -0.15) is 0 Å². The van der Waals surface area contributed by atoms with Gasteiger partial charge in [-0.1, -0.05) is 45.0 Å². The van der Waals surface area contributed by atoms with E-state index in [2.05, 4.69) is 0 Å². The number of hydrogen-bond acceptors (Lipinski definition) is 4. The second-order valence-corrected chi connectivity index (χ2v) is 6.37. The van der Waals surface area contributed by atoms with E-state index in [4.69, 9.17) is 15.9 Å². The molecule has 0 radical (unpaired) electrons. The molecule has 23 heavy (non-hydrogen) atoms. The minimum atomic E-state index is -1.23. The van der Waals surface area contributed by atoms with E-state index in [0.29, 0.717) is 5.56 Å². The van der Waals surface area contributed by atoms with Crippen molar-refractivity contribution in [2.45, 2.75) is 32.2 Å². The molecule has 1 amide bonds. The Morgan fingerprint density at radius 3 is 1.78 bits per heavy atom. The van der Waals surface area contributed by atoms with Gasteiger partial charge in [0.1, 0.15) is 6.04 Å². The van der Waals surface area contributed by atoms with Crippen LogP contribution >= 0.6 is 0 Å². The maximum absolute atomic E-state index is 11.8. The van der Waals surface area contributed by atoms with Crippen molar-refractivity contribution < 1.29 is 24.6 Å². The lowest BCUT2D eigenvalue weighted by Crippen LogP contribution is -2.43. The molecule has 0 aliphatic heterocycles. The van der Waals surface area contributed by atoms with Crippen LogP contribution < -0.4 is 5.73 Å². The van der Waals surface area contributed by atoms with Crippen LogP contribution in [0.4, 0.5) is 0 Å². The highest BCUT2D eigenvalue weighted by Crippen LogP contribution is 2.26. The Balaban J connectivity index is 3.19. The molecule has 1 rings (SSSR count). The lowest BCUT2D eigenvalue weighted by atomic mass is 9.86. The SMILES string of the molecule is CC(C)(C)c1ccc(C(C(N)=O)N(CC(=O)O)CC(=O)O)cc1. The second kappa shape index (κ2) is 7.23. The molecule has 0 bridgehead atoms. The summed E-state index contributed by atoms with van der Waals surface area (Å²) in [4.78, 5) is 34.7. The third-order valence-electron chi connectivity index (χ3n) is 3.40. The first-order chi connectivity index (χ1) is 10.5. The average Bonchev–Trinajstić information content (AvgIpc) is 2.36. The number of nitrogens with zero attached hydrogens (tertiary/aromatic N) is 1. The van der Waals surface area contributed by atoms with Crippen LogP contribution in [0.15, 0.2) is 24.3 Å². The quantitative estimate of drug-likeness (QED) is 0.688. The molecular formula is C16H22N2O5. The van der Waals surface area contributed by atoms with Gasteiger partial charge in [-0.3, -0.25) is 19.3 Å². The van der Waals surface area contributed by atoms with Gasteiger partial charge < -0.3 is 15.9 Å². The molecule has 1 atom stereocenters. The predicted molar refractivity (Wildman–Crippen MR) is 83.9 cm³/mol. The normalized spacial score (nSPS) is 12.9. The molecule has 126 valence electrons. The van der Waals surface area contributed by atoms with Crippen LogP contribution in [0.3, 0.4) is 0 Å². The number of amides is 1. The van der Waals surface area contributed by atoms with E-state index in [1.807, 2.05) is 32.9 Å². The molecule has 0 saturated carbocycles. The molecule has 0 fully saturated rings. The Kier molecular flexibility index (Phi) is 5.86. The molecule has 4 N–H and O–H groups in total. The Labute approximate surface area is 134 Å². The summed E-state index contributed by atoms with van der Waals surface area (Å²) < 4.78 is 0. The van der Waals surface area contributed by atoms with Gasteiger partial charge in [0.25, 0.3) is 0 Å². The number of carboxylic acid groups (broad SMARTS) is 2. The summed E-state index contributed by atoms with van der Waals surface area (Å²) in [7, 11) is 0. The van der Waals surface area contributed by atoms with E-state index in [1.165, 1.54) is 0 Å². The van der Waals surface area contributed by atoms with E-state index in [0.717, 1.165) is 10.5 Å². The maximum Gasteiger partial charge on any atom is 0.317 e. The van der Waals surface area contributed by atoms with Crippen LogP contribution in [-0.2, 0) is 19.8 Å². The minimum absolute atomic E-state index is 0.0808. The largest absolute Gasteiger partial charge is 0.480 e. The number of hydrogen-bond donors (Lipinski definition) is 3. The summed E-state index contributed by atoms with van der Waals surface area (Å²) in [5.41, 5.74) is 6.80. The molecule has 7 nitrogen and oxygen atoms in total. The molecule has 0 spiro atoms. The number of aliphatic carboxylic acids is 2. The average molecular weight is 322 g/mol. The number of carbonyl (C=O) groups excluding carboxylic acids is 1. The summed E-state index contributed by atoms with van der Waals surface area (Å²) in [6, 6.07) is 5.88. The van der Waals surface area contributed by atoms with Gasteiger partial charge in [0.15, 0.2) is 0 Å². The first kappa shape index (κ1) is 18.6. The highest BCUT2D eigenvalue weighted by molar-refractivity contribution is 5.83. The molecule has 1 unspecified atom stereocenters. The van der Waals surface area contributed by atoms with Crippen LogP contribution in [0.1, 0.15) is 37.9 Å². The van der Waals surface area contributed by atoms with Crippen molar-refractivity contribution in [1.29, 1.82) is 0 Å². The first-order valence-electron chi connectivity index (χ1n) is 7.09. The van der Waals surface area contributed by atoms with E-state index in [1.54, 1.807) is 12.1 Å². The topological polar surface area (TPSA) is 121 Å². The van der Waals surface area contributed by atoms with Crippen molar-refractivity contribution >= 4 is 17.8 Å². The van der Waals surface area contributed by atoms with Crippen molar-refractivity contribution in [2.24, 2.45) is 5.73 Å². The Hall–Kier alpha value is -2.41. The van der Waals surface area contributed by atoms with Crippen molar-refractivity contribution in [1.82, 2.24) is 4.90 Å². The van der Waals surface area contributed by atoms with Gasteiger partial charge in [0, 0.05) is 0 Å². The summed E-state index contributed by atoms with van der Waals surface area (Å²) in [5, 5.41) is 17.9. The molecule has 0 saturated heterocycles. The van der Waals surface area contributed by atoms with Gasteiger partial charge in [0.05, 0.1) is 13.1 Å². The van der Waals surface area contributed by atoms with Crippen molar-refractivity contribution in [3.63, 3.8) is 0 Å². The van der Waals surface area contributed by atoms with Crippen molar-refractivity contribution in [3.8, 4) is 0 Å². The highest BCUT2D eigenvalue weighted by Gasteiger charge is 2.29. The molecule has 7 heteroatoms. The molecule has 1 aromatic carbocycles.